The monoisotopic (exact) mass is 266 g/mol. The van der Waals surface area contributed by atoms with Crippen LogP contribution in [0, 0.1) is 0 Å². The highest BCUT2D eigenvalue weighted by Crippen LogP contribution is 2.40. The number of hydroxylamine groups is 2. The Morgan fingerprint density at radius 2 is 1.95 bits per heavy atom. The van der Waals surface area contributed by atoms with Crippen LogP contribution < -0.4 is 0 Å². The first-order chi connectivity index (χ1) is 8.71. The van der Waals surface area contributed by atoms with Gasteiger partial charge in [-0.05, 0) is 53.0 Å². The normalized spacial score (nSPS) is 28.0. The number of carbonyl (C=O) groups excluding carboxylic acids is 1. The van der Waals surface area contributed by atoms with Gasteiger partial charge >= 0.3 is 5.97 Å². The van der Waals surface area contributed by atoms with Crippen molar-refractivity contribution in [2.45, 2.75) is 58.5 Å². The summed E-state index contributed by atoms with van der Waals surface area (Å²) < 4.78 is 4.84. The number of rotatable bonds is 4. The summed E-state index contributed by atoms with van der Waals surface area (Å²) in [7, 11) is 0. The first-order valence-electron chi connectivity index (χ1n) is 6.73. The Morgan fingerprint density at radius 1 is 1.32 bits per heavy atom. The third-order valence-corrected chi connectivity index (χ3v) is 3.59. The van der Waals surface area contributed by atoms with Gasteiger partial charge in [-0.1, -0.05) is 12.2 Å². The summed E-state index contributed by atoms with van der Waals surface area (Å²) in [6.45, 7) is 9.82. The van der Waals surface area contributed by atoms with Gasteiger partial charge in [0.15, 0.2) is 0 Å². The van der Waals surface area contributed by atoms with E-state index in [2.05, 4.69) is 0 Å². The van der Waals surface area contributed by atoms with Gasteiger partial charge in [-0.15, -0.1) is 10.3 Å². The van der Waals surface area contributed by atoms with Gasteiger partial charge in [0.05, 0.1) is 12.1 Å². The predicted molar refractivity (Wildman–Crippen MR) is 73.8 cm³/mol. The van der Waals surface area contributed by atoms with Gasteiger partial charge in [-0.2, -0.15) is 0 Å². The van der Waals surface area contributed by atoms with Gasteiger partial charge in [-0.3, -0.25) is 0 Å². The van der Waals surface area contributed by atoms with E-state index in [1.165, 1.54) is 6.08 Å². The Kier molecular flexibility index (Phi) is 4.93. The Morgan fingerprint density at radius 3 is 2.42 bits per heavy atom. The van der Waals surface area contributed by atoms with E-state index in [0.717, 1.165) is 23.5 Å². The minimum absolute atomic E-state index is 0.322. The first kappa shape index (κ1) is 15.9. The minimum atomic E-state index is -0.493. The molecule has 1 radical (unpaired) electrons. The highest BCUT2D eigenvalue weighted by molar-refractivity contribution is 5.83. The average Bonchev–Trinajstić information content (AvgIpc) is 2.52. The van der Waals surface area contributed by atoms with Crippen molar-refractivity contribution >= 4 is 5.97 Å². The summed E-state index contributed by atoms with van der Waals surface area (Å²) in [6.07, 6.45) is 6.85. The Labute approximate surface area is 115 Å². The molecule has 0 bridgehead atoms. The smallest absolute Gasteiger partial charge is 0.330 e. The lowest BCUT2D eigenvalue weighted by Gasteiger charge is -2.32. The Hall–Kier alpha value is -1.13. The molecule has 0 aliphatic carbocycles. The molecular weight excluding hydrogens is 242 g/mol. The zero-order chi connectivity index (χ0) is 14.7. The fourth-order valence-corrected chi connectivity index (χ4v) is 2.33. The second-order valence-corrected chi connectivity index (χ2v) is 5.94. The SMILES string of the molecule is CCOC(=O)/C=C(C)/C=C/C1(C)CCC(C)(C)N1[O]. The van der Waals surface area contributed by atoms with Crippen molar-refractivity contribution in [1.29, 1.82) is 0 Å². The maximum absolute atomic E-state index is 12.2. The Bertz CT molecular complexity index is 398. The zero-order valence-electron chi connectivity index (χ0n) is 12.5. The second-order valence-electron chi connectivity index (χ2n) is 5.94. The lowest BCUT2D eigenvalue weighted by molar-refractivity contribution is -0.236. The third kappa shape index (κ3) is 3.91. The van der Waals surface area contributed by atoms with Crippen LogP contribution in [0.5, 0.6) is 0 Å². The van der Waals surface area contributed by atoms with Gasteiger partial charge in [-0.25, -0.2) is 4.79 Å². The number of ether oxygens (including phenoxy) is 1. The maximum Gasteiger partial charge on any atom is 0.330 e. The van der Waals surface area contributed by atoms with Crippen LogP contribution in [0.1, 0.15) is 47.5 Å². The standard InChI is InChI=1S/C15H24NO3/c1-6-19-13(17)11-12(2)7-8-15(5)10-9-14(3,4)16(15)18/h7-8,11H,6,9-10H2,1-5H3/b8-7+,12-11+. The summed E-state index contributed by atoms with van der Waals surface area (Å²) in [6, 6.07) is 0. The molecular formula is C15H24NO3. The number of esters is 1. The zero-order valence-corrected chi connectivity index (χ0v) is 12.5. The van der Waals surface area contributed by atoms with Gasteiger partial charge in [0.1, 0.15) is 0 Å². The number of nitrogens with zero attached hydrogens (tertiary/aromatic N) is 1. The van der Waals surface area contributed by atoms with Crippen LogP contribution in [0.4, 0.5) is 0 Å². The molecule has 4 heteroatoms. The molecule has 1 saturated heterocycles. The topological polar surface area (TPSA) is 49.4 Å². The molecule has 19 heavy (non-hydrogen) atoms. The van der Waals surface area contributed by atoms with E-state index in [0.29, 0.717) is 6.61 Å². The molecule has 107 valence electrons. The molecule has 0 saturated carbocycles. The van der Waals surface area contributed by atoms with E-state index in [1.54, 1.807) is 6.92 Å². The maximum atomic E-state index is 12.2. The van der Waals surface area contributed by atoms with Gasteiger partial charge < -0.3 is 4.74 Å². The summed E-state index contributed by atoms with van der Waals surface area (Å²) >= 11 is 0. The van der Waals surface area contributed by atoms with Crippen LogP contribution >= 0.6 is 0 Å². The molecule has 0 spiro atoms. The summed E-state index contributed by atoms with van der Waals surface area (Å²) in [4.78, 5) is 11.3. The lowest BCUT2D eigenvalue weighted by Crippen LogP contribution is -2.45. The molecule has 0 aromatic rings. The highest BCUT2D eigenvalue weighted by Gasteiger charge is 2.46. The molecule has 1 atom stereocenters. The highest BCUT2D eigenvalue weighted by atomic mass is 16.5. The summed E-state index contributed by atoms with van der Waals surface area (Å²) in [5.74, 6) is -0.347. The molecule has 1 fully saturated rings. The molecule has 1 aliphatic rings. The molecule has 1 unspecified atom stereocenters. The van der Waals surface area contributed by atoms with Gasteiger partial charge in [0.25, 0.3) is 0 Å². The molecule has 1 aliphatic heterocycles. The third-order valence-electron chi connectivity index (χ3n) is 3.59. The van der Waals surface area contributed by atoms with Crippen LogP contribution in [0.2, 0.25) is 0 Å². The Balaban J connectivity index is 2.74. The van der Waals surface area contributed by atoms with Crippen LogP contribution in [-0.4, -0.2) is 28.7 Å². The largest absolute Gasteiger partial charge is 0.463 e. The van der Waals surface area contributed by atoms with Crippen molar-refractivity contribution < 1.29 is 14.7 Å². The van der Waals surface area contributed by atoms with E-state index < -0.39 is 5.54 Å². The molecule has 1 heterocycles. The van der Waals surface area contributed by atoms with Crippen LogP contribution in [0.15, 0.2) is 23.8 Å². The molecule has 0 N–H and O–H groups in total. The van der Waals surface area contributed by atoms with E-state index in [-0.39, 0.29) is 11.5 Å². The van der Waals surface area contributed by atoms with Gasteiger partial charge in [0, 0.05) is 11.6 Å². The fraction of sp³-hybridized carbons (Fsp3) is 0.667. The molecule has 1 rings (SSSR count). The molecule has 0 aromatic heterocycles. The lowest BCUT2D eigenvalue weighted by atomic mass is 9.98. The summed E-state index contributed by atoms with van der Waals surface area (Å²) in [5, 5.41) is 13.4. The molecule has 0 aromatic carbocycles. The van der Waals surface area contributed by atoms with Crippen LogP contribution in [0.3, 0.4) is 0 Å². The van der Waals surface area contributed by atoms with Crippen molar-refractivity contribution in [1.82, 2.24) is 5.06 Å². The number of hydrogen-bond donors (Lipinski definition) is 0. The average molecular weight is 266 g/mol. The number of allylic oxidation sites excluding steroid dienone is 2. The minimum Gasteiger partial charge on any atom is -0.463 e. The van der Waals surface area contributed by atoms with E-state index in [4.69, 9.17) is 4.74 Å². The van der Waals surface area contributed by atoms with Crippen LogP contribution in [-0.2, 0) is 14.7 Å². The predicted octanol–water partition coefficient (Wildman–Crippen LogP) is 3.03. The van der Waals surface area contributed by atoms with Crippen molar-refractivity contribution in [2.75, 3.05) is 6.61 Å². The van der Waals surface area contributed by atoms with Crippen LogP contribution in [0.25, 0.3) is 0 Å². The van der Waals surface area contributed by atoms with E-state index in [1.807, 2.05) is 39.8 Å². The first-order valence-corrected chi connectivity index (χ1v) is 6.73. The second kappa shape index (κ2) is 5.88. The van der Waals surface area contributed by atoms with E-state index >= 15 is 0 Å². The van der Waals surface area contributed by atoms with Crippen molar-refractivity contribution in [3.05, 3.63) is 23.8 Å². The quantitative estimate of drug-likeness (QED) is 0.446. The van der Waals surface area contributed by atoms with Crippen molar-refractivity contribution in [3.8, 4) is 0 Å². The molecule has 4 nitrogen and oxygen atoms in total. The number of hydrogen-bond acceptors (Lipinski definition) is 3. The fourth-order valence-electron chi connectivity index (χ4n) is 2.33. The number of carbonyl (C=O) groups is 1. The summed E-state index contributed by atoms with van der Waals surface area (Å²) in [5.41, 5.74) is -0.0248. The van der Waals surface area contributed by atoms with Crippen molar-refractivity contribution in [3.63, 3.8) is 0 Å². The van der Waals surface area contributed by atoms with Gasteiger partial charge in [0.2, 0.25) is 0 Å². The molecule has 0 amide bonds. The van der Waals surface area contributed by atoms with E-state index in [9.17, 15) is 10.0 Å². The van der Waals surface area contributed by atoms with Crippen molar-refractivity contribution in [2.24, 2.45) is 0 Å².